The molecule has 1 heterocycles. The molecule has 0 radical (unpaired) electrons. The van der Waals surface area contributed by atoms with Gasteiger partial charge in [0.05, 0.1) is 17.3 Å². The van der Waals surface area contributed by atoms with Gasteiger partial charge in [-0.2, -0.15) is 5.26 Å². The smallest absolute Gasteiger partial charge is 0.274 e. The van der Waals surface area contributed by atoms with Crippen molar-refractivity contribution in [1.82, 2.24) is 9.97 Å². The third kappa shape index (κ3) is 3.01. The fraction of sp³-hybridized carbons (Fsp3) is 0.0833. The van der Waals surface area contributed by atoms with Crippen LogP contribution in [0.3, 0.4) is 0 Å². The Morgan fingerprint density at radius 3 is 2.74 bits per heavy atom. The number of hydrogen-bond donors (Lipinski definition) is 1. The van der Waals surface area contributed by atoms with Crippen molar-refractivity contribution in [2.24, 2.45) is 0 Å². The van der Waals surface area contributed by atoms with Crippen LogP contribution in [0.1, 0.15) is 11.3 Å². The number of anilines is 1. The first kappa shape index (κ1) is 12.4. The van der Waals surface area contributed by atoms with Crippen LogP contribution in [0, 0.1) is 21.4 Å². The van der Waals surface area contributed by atoms with Crippen LogP contribution in [-0.4, -0.2) is 14.9 Å². The Balaban J connectivity index is 2.10. The number of hydrogen-bond acceptors (Lipinski definition) is 6. The lowest BCUT2D eigenvalue weighted by Crippen LogP contribution is -2.04. The van der Waals surface area contributed by atoms with E-state index in [0.29, 0.717) is 11.4 Å². The number of aromatic nitrogens is 2. The Hall–Kier alpha value is -3.01. The van der Waals surface area contributed by atoms with E-state index in [2.05, 4.69) is 15.3 Å². The average Bonchev–Trinajstić information content (AvgIpc) is 2.46. The lowest BCUT2D eigenvalue weighted by atomic mass is 10.2. The number of nitro benzene ring substituents is 1. The minimum absolute atomic E-state index is 0.0524. The van der Waals surface area contributed by atoms with Gasteiger partial charge in [0.25, 0.3) is 5.69 Å². The van der Waals surface area contributed by atoms with E-state index in [1.54, 1.807) is 18.2 Å². The molecule has 0 spiro atoms. The highest BCUT2D eigenvalue weighted by molar-refractivity contribution is 5.43. The van der Waals surface area contributed by atoms with Gasteiger partial charge in [0.2, 0.25) is 0 Å². The summed E-state index contributed by atoms with van der Waals surface area (Å²) in [5, 5.41) is 22.3. The molecule has 0 amide bonds. The molecule has 0 aliphatic rings. The van der Waals surface area contributed by atoms with E-state index >= 15 is 0 Å². The molecule has 1 N–H and O–H groups in total. The number of para-hydroxylation sites is 1. The third-order valence-electron chi connectivity index (χ3n) is 2.41. The fourth-order valence-corrected chi connectivity index (χ4v) is 1.50. The van der Waals surface area contributed by atoms with E-state index in [9.17, 15) is 10.1 Å². The van der Waals surface area contributed by atoms with Crippen LogP contribution in [0.4, 0.5) is 11.5 Å². The monoisotopic (exact) mass is 255 g/mol. The van der Waals surface area contributed by atoms with E-state index in [1.807, 2.05) is 6.07 Å². The summed E-state index contributed by atoms with van der Waals surface area (Å²) in [6.45, 7) is 0.262. The molecule has 0 atom stereocenters. The highest BCUT2D eigenvalue weighted by atomic mass is 16.6. The summed E-state index contributed by atoms with van der Waals surface area (Å²) < 4.78 is 0. The molecule has 0 bridgehead atoms. The van der Waals surface area contributed by atoms with Gasteiger partial charge in [-0.15, -0.1) is 0 Å². The number of benzene rings is 1. The normalized spacial score (nSPS) is 9.63. The van der Waals surface area contributed by atoms with Gasteiger partial charge >= 0.3 is 0 Å². The second-order valence-corrected chi connectivity index (χ2v) is 3.64. The second kappa shape index (κ2) is 5.55. The van der Waals surface area contributed by atoms with Crippen LogP contribution in [0.15, 0.2) is 36.7 Å². The molecular weight excluding hydrogens is 246 g/mol. The van der Waals surface area contributed by atoms with Gasteiger partial charge in [-0.1, -0.05) is 18.2 Å². The zero-order valence-electron chi connectivity index (χ0n) is 9.78. The summed E-state index contributed by atoms with van der Waals surface area (Å²) in [6.07, 6.45) is 2.75. The van der Waals surface area contributed by atoms with Crippen LogP contribution >= 0.6 is 0 Å². The van der Waals surface area contributed by atoms with Crippen LogP contribution in [0.2, 0.25) is 0 Å². The quantitative estimate of drug-likeness (QED) is 0.660. The van der Waals surface area contributed by atoms with Gasteiger partial charge in [-0.3, -0.25) is 10.1 Å². The van der Waals surface area contributed by atoms with Gasteiger partial charge in [0.1, 0.15) is 11.9 Å². The lowest BCUT2D eigenvalue weighted by Gasteiger charge is -2.05. The molecule has 0 unspecified atom stereocenters. The van der Waals surface area contributed by atoms with E-state index < -0.39 is 4.92 Å². The Bertz CT molecular complexity index is 633. The number of nitro groups is 1. The summed E-state index contributed by atoms with van der Waals surface area (Å²) >= 11 is 0. The van der Waals surface area contributed by atoms with E-state index in [1.165, 1.54) is 18.5 Å². The average molecular weight is 255 g/mol. The number of nitriles is 1. The van der Waals surface area contributed by atoms with Crippen molar-refractivity contribution in [3.05, 3.63) is 58.0 Å². The molecule has 0 aliphatic carbocycles. The highest BCUT2D eigenvalue weighted by Gasteiger charge is 2.11. The lowest BCUT2D eigenvalue weighted by molar-refractivity contribution is -0.385. The maximum absolute atomic E-state index is 10.8. The summed E-state index contributed by atoms with van der Waals surface area (Å²) in [6, 6.07) is 8.32. The molecule has 0 fully saturated rings. The van der Waals surface area contributed by atoms with E-state index in [0.717, 1.165) is 0 Å². The zero-order chi connectivity index (χ0) is 13.7. The van der Waals surface area contributed by atoms with Crippen LogP contribution < -0.4 is 5.32 Å². The topological polar surface area (TPSA) is 105 Å². The van der Waals surface area contributed by atoms with Crippen molar-refractivity contribution < 1.29 is 4.92 Å². The molecule has 2 rings (SSSR count). The molecule has 0 saturated carbocycles. The zero-order valence-corrected chi connectivity index (χ0v) is 9.78. The van der Waals surface area contributed by atoms with Crippen molar-refractivity contribution in [3.8, 4) is 6.07 Å². The summed E-state index contributed by atoms with van der Waals surface area (Å²) in [5.74, 6) is 0.456. The minimum atomic E-state index is -0.429. The number of rotatable bonds is 4. The first-order valence-electron chi connectivity index (χ1n) is 5.39. The second-order valence-electron chi connectivity index (χ2n) is 3.64. The molecule has 2 aromatic rings. The molecule has 1 aromatic heterocycles. The maximum atomic E-state index is 10.8. The van der Waals surface area contributed by atoms with Gasteiger partial charge in [0.15, 0.2) is 5.69 Å². The SMILES string of the molecule is N#Cc1cnc(NCc2ccccc2[N+](=O)[O-])cn1. The molecule has 0 aliphatic heterocycles. The maximum Gasteiger partial charge on any atom is 0.274 e. The summed E-state index contributed by atoms with van der Waals surface area (Å²) in [7, 11) is 0. The predicted molar refractivity (Wildman–Crippen MR) is 67.2 cm³/mol. The van der Waals surface area contributed by atoms with Crippen molar-refractivity contribution >= 4 is 11.5 Å². The van der Waals surface area contributed by atoms with Crippen LogP contribution in [0.25, 0.3) is 0 Å². The van der Waals surface area contributed by atoms with Crippen molar-refractivity contribution in [2.75, 3.05) is 5.32 Å². The molecule has 94 valence electrons. The van der Waals surface area contributed by atoms with E-state index in [-0.39, 0.29) is 17.9 Å². The summed E-state index contributed by atoms with van der Waals surface area (Å²) in [5.41, 5.74) is 0.825. The summed E-state index contributed by atoms with van der Waals surface area (Å²) in [4.78, 5) is 18.2. The van der Waals surface area contributed by atoms with Gasteiger partial charge in [-0.05, 0) is 0 Å². The number of nitrogens with zero attached hydrogens (tertiary/aromatic N) is 4. The Labute approximate surface area is 108 Å². The number of nitrogens with one attached hydrogen (secondary N) is 1. The van der Waals surface area contributed by atoms with Gasteiger partial charge in [-0.25, -0.2) is 9.97 Å². The Morgan fingerprint density at radius 2 is 2.11 bits per heavy atom. The molecule has 7 heteroatoms. The Kier molecular flexibility index (Phi) is 3.64. The highest BCUT2D eigenvalue weighted by Crippen LogP contribution is 2.18. The van der Waals surface area contributed by atoms with Crippen molar-refractivity contribution in [3.63, 3.8) is 0 Å². The standard InChI is InChI=1S/C12H9N5O2/c13-5-10-7-16-12(8-14-10)15-6-9-3-1-2-4-11(9)17(18)19/h1-4,7-8H,6H2,(H,15,16). The molecule has 7 nitrogen and oxygen atoms in total. The molecule has 19 heavy (non-hydrogen) atoms. The van der Waals surface area contributed by atoms with Crippen molar-refractivity contribution in [2.45, 2.75) is 6.54 Å². The molecule has 1 aromatic carbocycles. The Morgan fingerprint density at radius 1 is 1.32 bits per heavy atom. The van der Waals surface area contributed by atoms with Gasteiger partial charge < -0.3 is 5.32 Å². The first-order chi connectivity index (χ1) is 9.20. The molecular formula is C12H9N5O2. The predicted octanol–water partition coefficient (Wildman–Crippen LogP) is 1.87. The first-order valence-corrected chi connectivity index (χ1v) is 5.39. The van der Waals surface area contributed by atoms with E-state index in [4.69, 9.17) is 5.26 Å². The third-order valence-corrected chi connectivity index (χ3v) is 2.41. The minimum Gasteiger partial charge on any atom is -0.364 e. The van der Waals surface area contributed by atoms with Gasteiger partial charge in [0, 0.05) is 18.2 Å². The fourth-order valence-electron chi connectivity index (χ4n) is 1.50. The molecule has 0 saturated heterocycles. The van der Waals surface area contributed by atoms with Crippen LogP contribution in [0.5, 0.6) is 0 Å². The van der Waals surface area contributed by atoms with Crippen molar-refractivity contribution in [1.29, 1.82) is 5.26 Å². The van der Waals surface area contributed by atoms with Crippen LogP contribution in [-0.2, 0) is 6.54 Å². The largest absolute Gasteiger partial charge is 0.364 e.